The number of likely N-dealkylation sites (N-methyl/N-ethyl adjacent to an activating group) is 1. The maximum atomic E-state index is 11.4. The Morgan fingerprint density at radius 3 is 2.33 bits per heavy atom. The van der Waals surface area contributed by atoms with E-state index in [4.69, 9.17) is 5.73 Å². The molecule has 0 spiro atoms. The van der Waals surface area contributed by atoms with Crippen molar-refractivity contribution in [3.05, 3.63) is 0 Å². The van der Waals surface area contributed by atoms with Gasteiger partial charge < -0.3 is 16.4 Å². The molecule has 0 saturated heterocycles. The van der Waals surface area contributed by atoms with Crippen LogP contribution >= 0.6 is 0 Å². The fraction of sp³-hybridized carbons (Fsp3) is 0.800. The molecule has 2 amide bonds. The maximum Gasteiger partial charge on any atom is 0.239 e. The van der Waals surface area contributed by atoms with E-state index < -0.39 is 6.04 Å². The van der Waals surface area contributed by atoms with Crippen LogP contribution in [0.3, 0.4) is 0 Å². The number of nitrogens with one attached hydrogen (secondary N) is 2. The average Bonchev–Trinajstić information content (AvgIpc) is 2.13. The molecule has 0 radical (unpaired) electrons. The molecule has 1 unspecified atom stereocenters. The smallest absolute Gasteiger partial charge is 0.239 e. The molecule has 0 aromatic carbocycles. The zero-order valence-corrected chi connectivity index (χ0v) is 9.67. The molecule has 0 saturated carbocycles. The summed E-state index contributed by atoms with van der Waals surface area (Å²) >= 11 is 0. The molecule has 0 aromatic heterocycles. The Balaban J connectivity index is 3.78. The van der Waals surface area contributed by atoms with Crippen LogP contribution in [0.15, 0.2) is 0 Å². The number of carbonyl (C=O) groups is 2. The zero-order valence-electron chi connectivity index (χ0n) is 9.67. The minimum atomic E-state index is -0.528. The van der Waals surface area contributed by atoms with E-state index in [1.165, 1.54) is 0 Å². The lowest BCUT2D eigenvalue weighted by atomic mass is 10.0. The fourth-order valence-corrected chi connectivity index (χ4v) is 1.17. The van der Waals surface area contributed by atoms with E-state index in [1.807, 2.05) is 20.8 Å². The predicted octanol–water partition coefficient (Wildman–Crippen LogP) is -0.388. The lowest BCUT2D eigenvalue weighted by Crippen LogP contribution is -2.45. The van der Waals surface area contributed by atoms with Crippen molar-refractivity contribution < 1.29 is 9.59 Å². The van der Waals surface area contributed by atoms with Crippen LogP contribution < -0.4 is 16.4 Å². The maximum absolute atomic E-state index is 11.4. The highest BCUT2D eigenvalue weighted by molar-refractivity contribution is 5.87. The molecule has 0 fully saturated rings. The molecule has 15 heavy (non-hydrogen) atoms. The van der Waals surface area contributed by atoms with Gasteiger partial charge in [-0.05, 0) is 19.3 Å². The van der Waals surface area contributed by atoms with E-state index in [2.05, 4.69) is 10.6 Å². The van der Waals surface area contributed by atoms with E-state index in [-0.39, 0.29) is 18.4 Å². The normalized spacial score (nSPS) is 12.3. The van der Waals surface area contributed by atoms with Crippen molar-refractivity contribution in [3.8, 4) is 0 Å². The summed E-state index contributed by atoms with van der Waals surface area (Å²) in [6.45, 7) is 6.38. The molecule has 88 valence electrons. The Kier molecular flexibility index (Phi) is 6.70. The van der Waals surface area contributed by atoms with Crippen LogP contribution in [-0.2, 0) is 9.59 Å². The summed E-state index contributed by atoms with van der Waals surface area (Å²) in [4.78, 5) is 22.4. The zero-order chi connectivity index (χ0) is 11.8. The van der Waals surface area contributed by atoms with E-state index in [9.17, 15) is 9.59 Å². The van der Waals surface area contributed by atoms with Crippen LogP contribution in [0.2, 0.25) is 0 Å². The van der Waals surface area contributed by atoms with Crippen molar-refractivity contribution in [1.82, 2.24) is 10.6 Å². The van der Waals surface area contributed by atoms with Crippen LogP contribution in [0.4, 0.5) is 0 Å². The van der Waals surface area contributed by atoms with Gasteiger partial charge in [-0.2, -0.15) is 0 Å². The van der Waals surface area contributed by atoms with Gasteiger partial charge in [-0.3, -0.25) is 9.59 Å². The Labute approximate surface area is 90.8 Å². The van der Waals surface area contributed by atoms with Crippen LogP contribution in [0.1, 0.15) is 27.2 Å². The third-order valence-corrected chi connectivity index (χ3v) is 1.86. The van der Waals surface area contributed by atoms with Gasteiger partial charge in [-0.15, -0.1) is 0 Å². The lowest BCUT2D eigenvalue weighted by molar-refractivity contribution is -0.127. The van der Waals surface area contributed by atoms with Gasteiger partial charge in [0.1, 0.15) is 0 Å². The number of nitrogens with two attached hydrogens (primary N) is 1. The third-order valence-electron chi connectivity index (χ3n) is 1.86. The van der Waals surface area contributed by atoms with Crippen LogP contribution in [0.5, 0.6) is 0 Å². The molecular formula is C10H21N3O2. The minimum absolute atomic E-state index is 0.00152. The molecule has 0 rings (SSSR count). The molecule has 0 aliphatic carbocycles. The summed E-state index contributed by atoms with van der Waals surface area (Å²) in [6.07, 6.45) is 0.626. The van der Waals surface area contributed by atoms with Crippen molar-refractivity contribution in [2.75, 3.05) is 13.1 Å². The van der Waals surface area contributed by atoms with Gasteiger partial charge in [0.15, 0.2) is 0 Å². The highest BCUT2D eigenvalue weighted by Gasteiger charge is 2.15. The van der Waals surface area contributed by atoms with Gasteiger partial charge >= 0.3 is 0 Å². The van der Waals surface area contributed by atoms with Gasteiger partial charge in [0.05, 0.1) is 12.6 Å². The van der Waals surface area contributed by atoms with Crippen molar-refractivity contribution in [3.63, 3.8) is 0 Å². The Hall–Kier alpha value is -1.10. The second-order valence-electron chi connectivity index (χ2n) is 3.91. The molecule has 0 aliphatic heterocycles. The number of amides is 2. The number of rotatable bonds is 6. The molecule has 0 aliphatic rings. The van der Waals surface area contributed by atoms with Crippen LogP contribution in [0.25, 0.3) is 0 Å². The average molecular weight is 215 g/mol. The Morgan fingerprint density at radius 2 is 1.87 bits per heavy atom. The molecule has 1 atom stereocenters. The van der Waals surface area contributed by atoms with E-state index in [0.717, 1.165) is 0 Å². The molecular weight excluding hydrogens is 194 g/mol. The number of carbonyl (C=O) groups excluding carboxylic acids is 2. The topological polar surface area (TPSA) is 84.2 Å². The van der Waals surface area contributed by atoms with Gasteiger partial charge in [0, 0.05) is 6.54 Å². The van der Waals surface area contributed by atoms with Gasteiger partial charge in [-0.25, -0.2) is 0 Å². The van der Waals surface area contributed by atoms with Crippen LogP contribution in [-0.4, -0.2) is 30.9 Å². The Bertz CT molecular complexity index is 217. The summed E-state index contributed by atoms with van der Waals surface area (Å²) in [5, 5.41) is 5.08. The van der Waals surface area contributed by atoms with Crippen molar-refractivity contribution in [2.45, 2.75) is 33.2 Å². The highest BCUT2D eigenvalue weighted by atomic mass is 16.2. The monoisotopic (exact) mass is 215 g/mol. The van der Waals surface area contributed by atoms with Gasteiger partial charge in [0.2, 0.25) is 11.8 Å². The first-order chi connectivity index (χ1) is 6.97. The van der Waals surface area contributed by atoms with Gasteiger partial charge in [0.25, 0.3) is 0 Å². The molecule has 5 heteroatoms. The second-order valence-corrected chi connectivity index (χ2v) is 3.91. The molecule has 0 aromatic rings. The summed E-state index contributed by atoms with van der Waals surface area (Å²) in [7, 11) is 0. The first-order valence-corrected chi connectivity index (χ1v) is 5.27. The lowest BCUT2D eigenvalue weighted by Gasteiger charge is -2.13. The second kappa shape index (κ2) is 7.23. The number of hydrogen-bond acceptors (Lipinski definition) is 3. The summed E-state index contributed by atoms with van der Waals surface area (Å²) < 4.78 is 0. The van der Waals surface area contributed by atoms with Crippen LogP contribution in [0, 0.1) is 5.92 Å². The largest absolute Gasteiger partial charge is 0.355 e. The quantitative estimate of drug-likeness (QED) is 0.564. The first kappa shape index (κ1) is 13.9. The highest BCUT2D eigenvalue weighted by Crippen LogP contribution is 2.01. The van der Waals surface area contributed by atoms with Crippen molar-refractivity contribution >= 4 is 11.8 Å². The Morgan fingerprint density at radius 1 is 1.27 bits per heavy atom. The van der Waals surface area contributed by atoms with E-state index >= 15 is 0 Å². The SMILES string of the molecule is CCNC(=O)CNC(=O)C(N)CC(C)C. The predicted molar refractivity (Wildman–Crippen MR) is 59.1 cm³/mol. The molecule has 5 nitrogen and oxygen atoms in total. The first-order valence-electron chi connectivity index (χ1n) is 5.27. The van der Waals surface area contributed by atoms with Crippen molar-refractivity contribution in [1.29, 1.82) is 0 Å². The van der Waals surface area contributed by atoms with E-state index in [1.54, 1.807) is 0 Å². The summed E-state index contributed by atoms with van der Waals surface area (Å²) in [6, 6.07) is -0.528. The van der Waals surface area contributed by atoms with Crippen molar-refractivity contribution in [2.24, 2.45) is 11.7 Å². The fourth-order valence-electron chi connectivity index (χ4n) is 1.17. The third kappa shape index (κ3) is 6.90. The molecule has 0 bridgehead atoms. The van der Waals surface area contributed by atoms with Gasteiger partial charge in [-0.1, -0.05) is 13.8 Å². The molecule has 0 heterocycles. The standard InChI is InChI=1S/C10H21N3O2/c1-4-12-9(14)6-13-10(15)8(11)5-7(2)3/h7-8H,4-6,11H2,1-3H3,(H,12,14)(H,13,15). The minimum Gasteiger partial charge on any atom is -0.355 e. The number of hydrogen-bond donors (Lipinski definition) is 3. The van der Waals surface area contributed by atoms with E-state index in [0.29, 0.717) is 18.9 Å². The molecule has 4 N–H and O–H groups in total. The summed E-state index contributed by atoms with van der Waals surface area (Å²) in [5.41, 5.74) is 5.63. The summed E-state index contributed by atoms with van der Waals surface area (Å²) in [5.74, 6) is -0.0900.